The van der Waals surface area contributed by atoms with Gasteiger partial charge < -0.3 is 5.73 Å². The quantitative estimate of drug-likeness (QED) is 0.591. The Morgan fingerprint density at radius 2 is 1.82 bits per heavy atom. The SMILES string of the molecule is Nc1c(C(=O)c2cccc(F)c2)cccc1-c1ccccn1. The van der Waals surface area contributed by atoms with Gasteiger partial charge in [-0.3, -0.25) is 9.78 Å². The first-order valence-electron chi connectivity index (χ1n) is 6.77. The second-order valence-electron chi connectivity index (χ2n) is 4.82. The highest BCUT2D eigenvalue weighted by Crippen LogP contribution is 2.28. The number of nitrogens with two attached hydrogens (primary N) is 1. The number of hydrogen-bond acceptors (Lipinski definition) is 3. The molecule has 0 aliphatic heterocycles. The summed E-state index contributed by atoms with van der Waals surface area (Å²) in [6.45, 7) is 0. The Balaban J connectivity index is 2.07. The Kier molecular flexibility index (Phi) is 3.66. The predicted molar refractivity (Wildman–Crippen MR) is 83.9 cm³/mol. The first-order valence-corrected chi connectivity index (χ1v) is 6.77. The second kappa shape index (κ2) is 5.77. The van der Waals surface area contributed by atoms with E-state index in [1.807, 2.05) is 12.1 Å². The van der Waals surface area contributed by atoms with Crippen molar-refractivity contribution in [2.24, 2.45) is 0 Å². The molecule has 0 aliphatic carbocycles. The summed E-state index contributed by atoms with van der Waals surface area (Å²) < 4.78 is 13.3. The van der Waals surface area contributed by atoms with E-state index in [1.54, 1.807) is 36.5 Å². The summed E-state index contributed by atoms with van der Waals surface area (Å²) in [5.41, 5.74) is 8.46. The summed E-state index contributed by atoms with van der Waals surface area (Å²) in [5, 5.41) is 0. The molecule has 0 fully saturated rings. The van der Waals surface area contributed by atoms with Gasteiger partial charge in [-0.05, 0) is 30.3 Å². The number of halogens is 1. The summed E-state index contributed by atoms with van der Waals surface area (Å²) in [7, 11) is 0. The molecule has 1 heterocycles. The molecule has 0 atom stereocenters. The maximum absolute atomic E-state index is 13.3. The van der Waals surface area contributed by atoms with Gasteiger partial charge in [0.1, 0.15) is 5.82 Å². The molecule has 108 valence electrons. The number of carbonyl (C=O) groups is 1. The van der Waals surface area contributed by atoms with E-state index in [0.717, 1.165) is 0 Å². The van der Waals surface area contributed by atoms with Gasteiger partial charge in [-0.25, -0.2) is 4.39 Å². The Bertz CT molecular complexity index is 832. The van der Waals surface area contributed by atoms with Gasteiger partial charge in [-0.1, -0.05) is 30.3 Å². The average Bonchev–Trinajstić information content (AvgIpc) is 2.55. The first-order chi connectivity index (χ1) is 10.7. The molecule has 0 radical (unpaired) electrons. The van der Waals surface area contributed by atoms with Crippen molar-refractivity contribution in [3.05, 3.63) is 83.8 Å². The minimum absolute atomic E-state index is 0.268. The van der Waals surface area contributed by atoms with Crippen LogP contribution in [0.2, 0.25) is 0 Å². The van der Waals surface area contributed by atoms with Crippen molar-refractivity contribution >= 4 is 11.5 Å². The smallest absolute Gasteiger partial charge is 0.195 e. The van der Waals surface area contributed by atoms with Crippen LogP contribution in [0.1, 0.15) is 15.9 Å². The number of anilines is 1. The normalized spacial score (nSPS) is 10.4. The molecule has 3 aromatic rings. The van der Waals surface area contributed by atoms with Crippen LogP contribution in [0.3, 0.4) is 0 Å². The minimum Gasteiger partial charge on any atom is -0.398 e. The third-order valence-electron chi connectivity index (χ3n) is 3.38. The number of hydrogen-bond donors (Lipinski definition) is 1. The van der Waals surface area contributed by atoms with Crippen molar-refractivity contribution < 1.29 is 9.18 Å². The molecular formula is C18H13FN2O. The van der Waals surface area contributed by atoms with Gasteiger partial charge >= 0.3 is 0 Å². The van der Waals surface area contributed by atoms with Crippen LogP contribution in [0.15, 0.2) is 66.9 Å². The highest BCUT2D eigenvalue weighted by molar-refractivity contribution is 6.13. The fraction of sp³-hybridized carbons (Fsp3) is 0. The molecule has 2 N–H and O–H groups in total. The van der Waals surface area contributed by atoms with Crippen molar-refractivity contribution in [1.29, 1.82) is 0 Å². The maximum Gasteiger partial charge on any atom is 0.195 e. The van der Waals surface area contributed by atoms with Gasteiger partial charge in [-0.2, -0.15) is 0 Å². The van der Waals surface area contributed by atoms with E-state index in [4.69, 9.17) is 5.73 Å². The first kappa shape index (κ1) is 13.9. The molecule has 0 unspecified atom stereocenters. The molecule has 0 aliphatic rings. The molecule has 0 bridgehead atoms. The van der Waals surface area contributed by atoms with Crippen molar-refractivity contribution in [1.82, 2.24) is 4.98 Å². The lowest BCUT2D eigenvalue weighted by Gasteiger charge is -2.10. The molecule has 0 amide bonds. The summed E-state index contributed by atoms with van der Waals surface area (Å²) in [6, 6.07) is 16.2. The molecule has 0 spiro atoms. The second-order valence-corrected chi connectivity index (χ2v) is 4.82. The maximum atomic E-state index is 13.3. The van der Waals surface area contributed by atoms with E-state index in [-0.39, 0.29) is 11.3 Å². The van der Waals surface area contributed by atoms with Gasteiger partial charge in [0, 0.05) is 22.9 Å². The standard InChI is InChI=1S/C18H13FN2O/c19-13-6-3-5-12(11-13)18(22)15-8-4-7-14(17(15)20)16-9-1-2-10-21-16/h1-11H,20H2. The Hall–Kier alpha value is -3.01. The summed E-state index contributed by atoms with van der Waals surface area (Å²) >= 11 is 0. The number of aromatic nitrogens is 1. The van der Waals surface area contributed by atoms with E-state index in [0.29, 0.717) is 22.5 Å². The fourth-order valence-electron chi connectivity index (χ4n) is 2.29. The molecule has 4 heteroatoms. The van der Waals surface area contributed by atoms with Gasteiger partial charge in [0.05, 0.1) is 11.4 Å². The number of ketones is 1. The number of nitrogens with zero attached hydrogens (tertiary/aromatic N) is 1. The summed E-state index contributed by atoms with van der Waals surface area (Å²) in [5.74, 6) is -0.764. The largest absolute Gasteiger partial charge is 0.398 e. The lowest BCUT2D eigenvalue weighted by atomic mass is 9.97. The Morgan fingerprint density at radius 1 is 1.00 bits per heavy atom. The van der Waals surface area contributed by atoms with Crippen molar-refractivity contribution in [3.63, 3.8) is 0 Å². The third-order valence-corrected chi connectivity index (χ3v) is 3.38. The minimum atomic E-state index is -0.453. The van der Waals surface area contributed by atoms with Crippen LogP contribution in [0, 0.1) is 5.82 Å². The average molecular weight is 292 g/mol. The van der Waals surface area contributed by atoms with E-state index >= 15 is 0 Å². The zero-order valence-corrected chi connectivity index (χ0v) is 11.7. The lowest BCUT2D eigenvalue weighted by Crippen LogP contribution is -2.07. The monoisotopic (exact) mass is 292 g/mol. The van der Waals surface area contributed by atoms with E-state index < -0.39 is 5.82 Å². The Morgan fingerprint density at radius 3 is 2.55 bits per heavy atom. The van der Waals surface area contributed by atoms with Crippen LogP contribution in [0.4, 0.5) is 10.1 Å². The molecule has 22 heavy (non-hydrogen) atoms. The van der Waals surface area contributed by atoms with Crippen molar-refractivity contribution in [3.8, 4) is 11.3 Å². The predicted octanol–water partition coefficient (Wildman–Crippen LogP) is 3.70. The number of carbonyl (C=O) groups excluding carboxylic acids is 1. The topological polar surface area (TPSA) is 56.0 Å². The van der Waals surface area contributed by atoms with Gasteiger partial charge in [-0.15, -0.1) is 0 Å². The molecule has 1 aromatic heterocycles. The van der Waals surface area contributed by atoms with Crippen LogP contribution < -0.4 is 5.73 Å². The van der Waals surface area contributed by atoms with Crippen molar-refractivity contribution in [2.45, 2.75) is 0 Å². The number of nitrogen functional groups attached to an aromatic ring is 1. The van der Waals surface area contributed by atoms with Crippen LogP contribution in [0.25, 0.3) is 11.3 Å². The van der Waals surface area contributed by atoms with E-state index in [2.05, 4.69) is 4.98 Å². The van der Waals surface area contributed by atoms with Gasteiger partial charge in [0.2, 0.25) is 0 Å². The molecule has 3 rings (SSSR count). The highest BCUT2D eigenvalue weighted by atomic mass is 19.1. The number of benzene rings is 2. The fourth-order valence-corrected chi connectivity index (χ4v) is 2.29. The van der Waals surface area contributed by atoms with E-state index in [9.17, 15) is 9.18 Å². The molecule has 3 nitrogen and oxygen atoms in total. The number of para-hydroxylation sites is 1. The third kappa shape index (κ3) is 2.59. The molecule has 0 saturated carbocycles. The van der Waals surface area contributed by atoms with Crippen LogP contribution >= 0.6 is 0 Å². The zero-order valence-electron chi connectivity index (χ0n) is 11.7. The highest BCUT2D eigenvalue weighted by Gasteiger charge is 2.16. The van der Waals surface area contributed by atoms with Crippen LogP contribution in [-0.4, -0.2) is 10.8 Å². The number of pyridine rings is 1. The van der Waals surface area contributed by atoms with Gasteiger partial charge in [0.25, 0.3) is 0 Å². The summed E-state index contributed by atoms with van der Waals surface area (Å²) in [6.07, 6.45) is 1.66. The van der Waals surface area contributed by atoms with Crippen LogP contribution in [0.5, 0.6) is 0 Å². The number of rotatable bonds is 3. The van der Waals surface area contributed by atoms with Crippen molar-refractivity contribution in [2.75, 3.05) is 5.73 Å². The zero-order chi connectivity index (χ0) is 15.5. The van der Waals surface area contributed by atoms with E-state index in [1.165, 1.54) is 18.2 Å². The molecule has 0 saturated heterocycles. The molecule has 2 aromatic carbocycles. The lowest BCUT2D eigenvalue weighted by molar-refractivity contribution is 0.103. The summed E-state index contributed by atoms with van der Waals surface area (Å²) in [4.78, 5) is 16.8. The van der Waals surface area contributed by atoms with Gasteiger partial charge in [0.15, 0.2) is 5.78 Å². The Labute approximate surface area is 127 Å². The molecular weight excluding hydrogens is 279 g/mol. The van der Waals surface area contributed by atoms with Crippen LogP contribution in [-0.2, 0) is 0 Å².